The fourth-order valence-corrected chi connectivity index (χ4v) is 3.55. The van der Waals surface area contributed by atoms with Crippen molar-refractivity contribution in [2.45, 2.75) is 38.5 Å². The second-order valence-corrected chi connectivity index (χ2v) is 8.13. The van der Waals surface area contributed by atoms with E-state index in [4.69, 9.17) is 0 Å². The third kappa shape index (κ3) is 5.36. The van der Waals surface area contributed by atoms with Gasteiger partial charge in [0.1, 0.15) is 4.75 Å². The van der Waals surface area contributed by atoms with Crippen LogP contribution in [0.25, 0.3) is 0 Å². The summed E-state index contributed by atoms with van der Waals surface area (Å²) in [6.07, 6.45) is 0. The minimum Gasteiger partial charge on any atom is -0.352 e. The van der Waals surface area contributed by atoms with E-state index in [9.17, 15) is 9.59 Å². The molecule has 0 aliphatic rings. The molecule has 138 valence electrons. The molecular formula is C21H26N2O2S. The Balaban J connectivity index is 2.11. The van der Waals surface area contributed by atoms with Crippen LogP contribution >= 0.6 is 11.8 Å². The quantitative estimate of drug-likeness (QED) is 0.771. The van der Waals surface area contributed by atoms with Crippen LogP contribution in [-0.4, -0.2) is 23.6 Å². The van der Waals surface area contributed by atoms with Crippen LogP contribution in [0.4, 0.5) is 5.69 Å². The molecule has 2 N–H and O–H groups in total. The van der Waals surface area contributed by atoms with Gasteiger partial charge in [0, 0.05) is 11.7 Å². The summed E-state index contributed by atoms with van der Waals surface area (Å²) in [6, 6.07) is 17.3. The molecule has 2 aromatic carbocycles. The van der Waals surface area contributed by atoms with Crippen LogP contribution in [0.15, 0.2) is 54.6 Å². The molecule has 0 saturated heterocycles. The fraction of sp³-hybridized carbons (Fsp3) is 0.333. The van der Waals surface area contributed by atoms with E-state index in [2.05, 4.69) is 10.6 Å². The average Bonchev–Trinajstić information content (AvgIpc) is 2.60. The number of aryl methyl sites for hydroxylation is 1. The van der Waals surface area contributed by atoms with Crippen molar-refractivity contribution in [1.29, 1.82) is 0 Å². The monoisotopic (exact) mass is 370 g/mol. The Labute approximate surface area is 159 Å². The maximum Gasteiger partial charge on any atom is 0.240 e. The zero-order valence-corrected chi connectivity index (χ0v) is 16.5. The van der Waals surface area contributed by atoms with Gasteiger partial charge in [-0.25, -0.2) is 0 Å². The first kappa shape index (κ1) is 20.0. The Morgan fingerprint density at radius 2 is 1.77 bits per heavy atom. The lowest BCUT2D eigenvalue weighted by molar-refractivity contribution is -0.123. The molecule has 0 fully saturated rings. The summed E-state index contributed by atoms with van der Waals surface area (Å²) in [5, 5.41) is 5.87. The zero-order chi connectivity index (χ0) is 19.2. The van der Waals surface area contributed by atoms with Gasteiger partial charge in [0.15, 0.2) is 0 Å². The smallest absolute Gasteiger partial charge is 0.240 e. The Bertz CT molecular complexity index is 762. The van der Waals surface area contributed by atoms with Crippen molar-refractivity contribution in [3.05, 3.63) is 65.7 Å². The number of anilines is 1. The topological polar surface area (TPSA) is 58.2 Å². The van der Waals surface area contributed by atoms with E-state index >= 15 is 0 Å². The lowest BCUT2D eigenvalue weighted by atomic mass is 9.99. The number of amides is 2. The van der Waals surface area contributed by atoms with Gasteiger partial charge < -0.3 is 10.6 Å². The van der Waals surface area contributed by atoms with Gasteiger partial charge in [-0.1, -0.05) is 42.5 Å². The highest BCUT2D eigenvalue weighted by atomic mass is 32.2. The van der Waals surface area contributed by atoms with E-state index < -0.39 is 4.75 Å². The second kappa shape index (κ2) is 8.90. The van der Waals surface area contributed by atoms with Crippen molar-refractivity contribution in [2.24, 2.45) is 0 Å². The molecule has 0 bridgehead atoms. The van der Waals surface area contributed by atoms with Crippen molar-refractivity contribution in [1.82, 2.24) is 5.32 Å². The van der Waals surface area contributed by atoms with Crippen molar-refractivity contribution in [3.8, 4) is 0 Å². The molecule has 1 atom stereocenters. The molecule has 2 amide bonds. The number of thioether (sulfide) groups is 1. The summed E-state index contributed by atoms with van der Waals surface area (Å²) in [5.41, 5.74) is 2.73. The van der Waals surface area contributed by atoms with Gasteiger partial charge >= 0.3 is 0 Å². The number of benzene rings is 2. The third-order valence-electron chi connectivity index (χ3n) is 3.97. The van der Waals surface area contributed by atoms with Crippen LogP contribution in [0, 0.1) is 6.92 Å². The maximum absolute atomic E-state index is 12.8. The summed E-state index contributed by atoms with van der Waals surface area (Å²) in [6.45, 7) is 7.70. The summed E-state index contributed by atoms with van der Waals surface area (Å²) >= 11 is 1.33. The molecule has 2 aromatic rings. The van der Waals surface area contributed by atoms with Crippen LogP contribution in [0.2, 0.25) is 0 Å². The van der Waals surface area contributed by atoms with Gasteiger partial charge in [-0.05, 0) is 51.0 Å². The Hall–Kier alpha value is -2.27. The van der Waals surface area contributed by atoms with Crippen LogP contribution in [0.1, 0.15) is 31.9 Å². The van der Waals surface area contributed by atoms with Gasteiger partial charge in [0.25, 0.3) is 0 Å². The fourth-order valence-electron chi connectivity index (χ4n) is 2.57. The number of nitrogens with one attached hydrogen (secondary N) is 2. The third-order valence-corrected chi connectivity index (χ3v) is 5.38. The molecule has 0 heterocycles. The molecule has 0 spiro atoms. The van der Waals surface area contributed by atoms with E-state index in [0.29, 0.717) is 0 Å². The lowest BCUT2D eigenvalue weighted by Gasteiger charge is -2.29. The molecule has 0 aliphatic carbocycles. The number of hydrogen-bond acceptors (Lipinski definition) is 3. The van der Waals surface area contributed by atoms with E-state index in [1.807, 2.05) is 82.3 Å². The van der Waals surface area contributed by atoms with E-state index in [1.165, 1.54) is 11.8 Å². The lowest BCUT2D eigenvalue weighted by Crippen LogP contribution is -2.43. The summed E-state index contributed by atoms with van der Waals surface area (Å²) < 4.78 is -0.838. The highest BCUT2D eigenvalue weighted by molar-refractivity contribution is 8.01. The van der Waals surface area contributed by atoms with Crippen molar-refractivity contribution in [3.63, 3.8) is 0 Å². The van der Waals surface area contributed by atoms with Crippen molar-refractivity contribution < 1.29 is 9.59 Å². The first-order valence-corrected chi connectivity index (χ1v) is 9.67. The van der Waals surface area contributed by atoms with Crippen molar-refractivity contribution >= 4 is 29.3 Å². The Morgan fingerprint density at radius 1 is 1.08 bits per heavy atom. The molecule has 26 heavy (non-hydrogen) atoms. The molecule has 0 aliphatic heterocycles. The average molecular weight is 371 g/mol. The highest BCUT2D eigenvalue weighted by Gasteiger charge is 2.36. The van der Waals surface area contributed by atoms with Gasteiger partial charge in [-0.2, -0.15) is 0 Å². The molecule has 5 heteroatoms. The minimum absolute atomic E-state index is 0.0345. The molecule has 2 rings (SSSR count). The summed E-state index contributed by atoms with van der Waals surface area (Å²) in [4.78, 5) is 25.2. The number of carbonyl (C=O) groups is 2. The Morgan fingerprint density at radius 3 is 2.38 bits per heavy atom. The second-order valence-electron chi connectivity index (χ2n) is 6.73. The van der Waals surface area contributed by atoms with E-state index in [-0.39, 0.29) is 23.6 Å². The van der Waals surface area contributed by atoms with Gasteiger partial charge in [-0.3, -0.25) is 9.59 Å². The largest absolute Gasteiger partial charge is 0.352 e. The maximum atomic E-state index is 12.8. The molecule has 0 radical (unpaired) electrons. The SMILES string of the molecule is Cc1cccc(NC(=O)CSC(C)(C(=O)NC(C)C)c2ccccc2)c1. The number of carbonyl (C=O) groups excluding carboxylic acids is 2. The van der Waals surface area contributed by atoms with Crippen LogP contribution < -0.4 is 10.6 Å². The predicted molar refractivity (Wildman–Crippen MR) is 109 cm³/mol. The molecule has 0 aromatic heterocycles. The van der Waals surface area contributed by atoms with Crippen LogP contribution in [0.5, 0.6) is 0 Å². The van der Waals surface area contributed by atoms with Gasteiger partial charge in [-0.15, -0.1) is 11.8 Å². The first-order valence-electron chi connectivity index (χ1n) is 8.68. The number of rotatable bonds is 7. The minimum atomic E-state index is -0.838. The molecular weight excluding hydrogens is 344 g/mol. The van der Waals surface area contributed by atoms with Crippen LogP contribution in [-0.2, 0) is 14.3 Å². The summed E-state index contributed by atoms with van der Waals surface area (Å²) in [7, 11) is 0. The normalized spacial score (nSPS) is 13.1. The molecule has 1 unspecified atom stereocenters. The standard InChI is InChI=1S/C21H26N2O2S/c1-15(2)22-20(25)21(4,17-10-6-5-7-11-17)26-14-19(24)23-18-12-8-9-16(3)13-18/h5-13,15H,14H2,1-4H3,(H,22,25)(H,23,24). The zero-order valence-electron chi connectivity index (χ0n) is 15.7. The predicted octanol–water partition coefficient (Wildman–Crippen LogP) is 4.11. The van der Waals surface area contributed by atoms with E-state index in [1.54, 1.807) is 0 Å². The molecule has 0 saturated carbocycles. The highest BCUT2D eigenvalue weighted by Crippen LogP contribution is 2.36. The van der Waals surface area contributed by atoms with Gasteiger partial charge in [0.2, 0.25) is 11.8 Å². The summed E-state index contributed by atoms with van der Waals surface area (Å²) in [5.74, 6) is -0.0302. The van der Waals surface area contributed by atoms with Crippen LogP contribution in [0.3, 0.4) is 0 Å². The van der Waals surface area contributed by atoms with E-state index in [0.717, 1.165) is 16.8 Å². The number of hydrogen-bond donors (Lipinski definition) is 2. The Kier molecular flexibility index (Phi) is 6.86. The first-order chi connectivity index (χ1) is 12.3. The van der Waals surface area contributed by atoms with Gasteiger partial charge in [0.05, 0.1) is 5.75 Å². The van der Waals surface area contributed by atoms with Crippen molar-refractivity contribution in [2.75, 3.05) is 11.1 Å². The molecule has 4 nitrogen and oxygen atoms in total.